The first-order valence-corrected chi connectivity index (χ1v) is 12.5. The fraction of sp³-hybridized carbons (Fsp3) is 0.0606. The van der Waals surface area contributed by atoms with Gasteiger partial charge in [0.1, 0.15) is 17.0 Å². The van der Waals surface area contributed by atoms with Crippen LogP contribution in [0.3, 0.4) is 0 Å². The summed E-state index contributed by atoms with van der Waals surface area (Å²) in [5.41, 5.74) is 5.94. The fourth-order valence-electron chi connectivity index (χ4n) is 5.02. The van der Waals surface area contributed by atoms with Gasteiger partial charge in [0.15, 0.2) is 11.6 Å². The van der Waals surface area contributed by atoms with Crippen molar-refractivity contribution in [3.05, 3.63) is 127 Å². The number of fused-ring (bicyclic) bond motifs is 3. The molecule has 6 aromatic rings. The molecule has 37 heavy (non-hydrogen) atoms. The van der Waals surface area contributed by atoms with Crippen LogP contribution in [-0.2, 0) is 0 Å². The summed E-state index contributed by atoms with van der Waals surface area (Å²) < 4.78 is 6.13. The number of benzene rings is 4. The lowest BCUT2D eigenvalue weighted by Gasteiger charge is -2.14. The second-order valence-electron chi connectivity index (χ2n) is 9.22. The Morgan fingerprint density at radius 3 is 2.22 bits per heavy atom. The third-order valence-electron chi connectivity index (χ3n) is 6.83. The summed E-state index contributed by atoms with van der Waals surface area (Å²) in [6, 6.07) is 33.0. The van der Waals surface area contributed by atoms with E-state index in [1.807, 2.05) is 54.6 Å². The molecule has 1 aliphatic rings. The van der Waals surface area contributed by atoms with Crippen molar-refractivity contribution in [2.45, 2.75) is 12.3 Å². The van der Waals surface area contributed by atoms with Crippen LogP contribution in [0.15, 0.2) is 126 Å². The standard InChI is InChI=1S/C33H23N3O/c1-3-11-22(12-4-1)31-34-32(23-13-5-2-6-14-23)36-33(35-31)25-16-9-15-24(21-25)26-18-10-20-29-30(26)27-17-7-8-19-28(27)37-29/h1-13,15-21,23H,14H2. The van der Waals surface area contributed by atoms with Crippen molar-refractivity contribution in [3.63, 3.8) is 0 Å². The molecule has 0 radical (unpaired) electrons. The van der Waals surface area contributed by atoms with Crippen molar-refractivity contribution in [1.82, 2.24) is 15.0 Å². The molecule has 0 amide bonds. The molecule has 0 spiro atoms. The van der Waals surface area contributed by atoms with Crippen LogP contribution in [-0.4, -0.2) is 15.0 Å². The van der Waals surface area contributed by atoms with Crippen molar-refractivity contribution in [3.8, 4) is 33.9 Å². The first-order chi connectivity index (χ1) is 18.3. The van der Waals surface area contributed by atoms with E-state index in [2.05, 4.69) is 66.8 Å². The summed E-state index contributed by atoms with van der Waals surface area (Å²) in [5, 5.41) is 2.24. The number of nitrogens with zero attached hydrogens (tertiary/aromatic N) is 3. The lowest BCUT2D eigenvalue weighted by atomic mass is 9.97. The predicted molar refractivity (Wildman–Crippen MR) is 149 cm³/mol. The van der Waals surface area contributed by atoms with Gasteiger partial charge in [0, 0.05) is 27.8 Å². The highest BCUT2D eigenvalue weighted by Crippen LogP contribution is 2.37. The molecular weight excluding hydrogens is 454 g/mol. The SMILES string of the molecule is C1=CCC(c2nc(-c3ccccc3)nc(-c3cccc(-c4cccc5oc6ccccc6c45)c3)n2)C=C1. The first-order valence-electron chi connectivity index (χ1n) is 12.5. The van der Waals surface area contributed by atoms with Gasteiger partial charge in [-0.2, -0.15) is 0 Å². The van der Waals surface area contributed by atoms with Gasteiger partial charge in [-0.25, -0.2) is 15.0 Å². The van der Waals surface area contributed by atoms with Crippen LogP contribution in [0.2, 0.25) is 0 Å². The molecule has 0 fully saturated rings. The number of allylic oxidation sites excluding steroid dienone is 4. The summed E-state index contributed by atoms with van der Waals surface area (Å²) in [6.45, 7) is 0. The third-order valence-corrected chi connectivity index (χ3v) is 6.83. The van der Waals surface area contributed by atoms with Crippen LogP contribution in [0, 0.1) is 0 Å². The van der Waals surface area contributed by atoms with Gasteiger partial charge >= 0.3 is 0 Å². The molecule has 1 unspecified atom stereocenters. The van der Waals surface area contributed by atoms with Crippen LogP contribution in [0.5, 0.6) is 0 Å². The van der Waals surface area contributed by atoms with Gasteiger partial charge in [-0.1, -0.05) is 103 Å². The van der Waals surface area contributed by atoms with Crippen molar-refractivity contribution in [2.75, 3.05) is 0 Å². The minimum absolute atomic E-state index is 0.128. The monoisotopic (exact) mass is 477 g/mol. The molecule has 1 atom stereocenters. The minimum atomic E-state index is 0.128. The highest BCUT2D eigenvalue weighted by molar-refractivity contribution is 6.12. The molecular formula is C33H23N3O. The van der Waals surface area contributed by atoms with Gasteiger partial charge < -0.3 is 4.42 Å². The Kier molecular flexibility index (Phi) is 5.21. The van der Waals surface area contributed by atoms with Crippen molar-refractivity contribution < 1.29 is 4.42 Å². The number of aromatic nitrogens is 3. The average molecular weight is 478 g/mol. The van der Waals surface area contributed by atoms with Gasteiger partial charge in [-0.05, 0) is 35.7 Å². The molecule has 0 saturated carbocycles. The highest BCUT2D eigenvalue weighted by Gasteiger charge is 2.18. The fourth-order valence-corrected chi connectivity index (χ4v) is 5.02. The summed E-state index contributed by atoms with van der Waals surface area (Å²) in [7, 11) is 0. The van der Waals surface area contributed by atoms with E-state index in [1.165, 1.54) is 0 Å². The molecule has 0 saturated heterocycles. The van der Waals surface area contributed by atoms with E-state index in [9.17, 15) is 0 Å². The number of hydrogen-bond acceptors (Lipinski definition) is 4. The maximum Gasteiger partial charge on any atom is 0.163 e. The van der Waals surface area contributed by atoms with E-state index in [4.69, 9.17) is 19.4 Å². The van der Waals surface area contributed by atoms with Gasteiger partial charge in [-0.3, -0.25) is 0 Å². The Morgan fingerprint density at radius 2 is 1.35 bits per heavy atom. The van der Waals surface area contributed by atoms with Gasteiger partial charge in [0.05, 0.1) is 0 Å². The lowest BCUT2D eigenvalue weighted by molar-refractivity contribution is 0.669. The summed E-state index contributed by atoms with van der Waals surface area (Å²) in [6.07, 6.45) is 9.34. The van der Waals surface area contributed by atoms with E-state index < -0.39 is 0 Å². The predicted octanol–water partition coefficient (Wildman–Crippen LogP) is 8.37. The zero-order valence-electron chi connectivity index (χ0n) is 20.1. The van der Waals surface area contributed by atoms with E-state index in [0.717, 1.165) is 56.4 Å². The Morgan fingerprint density at radius 1 is 0.622 bits per heavy atom. The summed E-state index contributed by atoms with van der Waals surface area (Å²) in [4.78, 5) is 14.8. The maximum absolute atomic E-state index is 6.13. The number of para-hydroxylation sites is 1. The number of furan rings is 1. The van der Waals surface area contributed by atoms with E-state index >= 15 is 0 Å². The van der Waals surface area contributed by atoms with Crippen molar-refractivity contribution in [1.29, 1.82) is 0 Å². The third kappa shape index (κ3) is 3.93. The molecule has 176 valence electrons. The molecule has 0 bridgehead atoms. The van der Waals surface area contributed by atoms with Crippen molar-refractivity contribution in [2.24, 2.45) is 0 Å². The molecule has 0 N–H and O–H groups in total. The number of hydrogen-bond donors (Lipinski definition) is 0. The number of rotatable bonds is 4. The van der Waals surface area contributed by atoms with E-state index in [0.29, 0.717) is 11.6 Å². The van der Waals surface area contributed by atoms with Gasteiger partial charge in [0.2, 0.25) is 0 Å². The van der Waals surface area contributed by atoms with Crippen molar-refractivity contribution >= 4 is 21.9 Å². The largest absolute Gasteiger partial charge is 0.456 e. The van der Waals surface area contributed by atoms with Crippen LogP contribution >= 0.6 is 0 Å². The molecule has 4 heteroatoms. The highest BCUT2D eigenvalue weighted by atomic mass is 16.3. The zero-order valence-corrected chi connectivity index (χ0v) is 20.1. The van der Waals surface area contributed by atoms with E-state index in [1.54, 1.807) is 0 Å². The minimum Gasteiger partial charge on any atom is -0.456 e. The van der Waals surface area contributed by atoms with Crippen LogP contribution in [0.4, 0.5) is 0 Å². The summed E-state index contributed by atoms with van der Waals surface area (Å²) >= 11 is 0. The molecule has 1 aliphatic carbocycles. The molecule has 2 heterocycles. The molecule has 4 aromatic carbocycles. The van der Waals surface area contributed by atoms with Crippen LogP contribution in [0.25, 0.3) is 55.8 Å². The van der Waals surface area contributed by atoms with Crippen LogP contribution < -0.4 is 0 Å². The Labute approximate surface area is 214 Å². The molecule has 4 nitrogen and oxygen atoms in total. The molecule has 2 aromatic heterocycles. The topological polar surface area (TPSA) is 51.8 Å². The van der Waals surface area contributed by atoms with Gasteiger partial charge in [0.25, 0.3) is 0 Å². The quantitative estimate of drug-likeness (QED) is 0.256. The smallest absolute Gasteiger partial charge is 0.163 e. The maximum atomic E-state index is 6.13. The van der Waals surface area contributed by atoms with Gasteiger partial charge in [-0.15, -0.1) is 0 Å². The average Bonchev–Trinajstić information content (AvgIpc) is 3.37. The Hall–Kier alpha value is -4.83. The first kappa shape index (κ1) is 21.5. The normalized spacial score (nSPS) is 15.0. The van der Waals surface area contributed by atoms with Crippen LogP contribution in [0.1, 0.15) is 18.2 Å². The Balaban J connectivity index is 1.39. The Bertz CT molecular complexity index is 1810. The molecule has 7 rings (SSSR count). The van der Waals surface area contributed by atoms with E-state index in [-0.39, 0.29) is 5.92 Å². The molecule has 0 aliphatic heterocycles. The summed E-state index contributed by atoms with van der Waals surface area (Å²) in [5.74, 6) is 2.29. The second kappa shape index (κ2) is 8.99. The second-order valence-corrected chi connectivity index (χ2v) is 9.22. The lowest BCUT2D eigenvalue weighted by Crippen LogP contribution is -2.07. The zero-order chi connectivity index (χ0) is 24.6.